The molecule has 2 atom stereocenters. The number of halogens is 4. The van der Waals surface area contributed by atoms with Crippen molar-refractivity contribution in [1.29, 1.82) is 0 Å². The molecule has 1 fully saturated rings. The van der Waals surface area contributed by atoms with Crippen LogP contribution in [-0.2, 0) is 0 Å². The molecule has 1 saturated carbocycles. The molecule has 1 aromatic carbocycles. The van der Waals surface area contributed by atoms with Gasteiger partial charge in [-0.05, 0) is 18.4 Å². The van der Waals surface area contributed by atoms with E-state index < -0.39 is 12.9 Å². The Morgan fingerprint density at radius 2 is 1.78 bits per heavy atom. The van der Waals surface area contributed by atoms with Crippen molar-refractivity contribution in [2.75, 3.05) is 0 Å². The summed E-state index contributed by atoms with van der Waals surface area (Å²) in [5.41, 5.74) is 1.11. The van der Waals surface area contributed by atoms with Crippen molar-refractivity contribution in [3.05, 3.63) is 41.7 Å². The van der Waals surface area contributed by atoms with Crippen molar-refractivity contribution in [3.63, 3.8) is 0 Å². The number of rotatable bonds is 3. The largest absolute Gasteiger partial charge is 0.379 e. The lowest BCUT2D eigenvalue weighted by molar-refractivity contribution is 0.00819. The van der Waals surface area contributed by atoms with Gasteiger partial charge in [0.2, 0.25) is 5.16 Å². The molecular formula is C15H15F4N3S. The summed E-state index contributed by atoms with van der Waals surface area (Å²) in [7, 11) is 0. The smallest absolute Gasteiger partial charge is 0.239 e. The zero-order chi connectivity index (χ0) is 16.4. The Hall–Kier alpha value is -1.57. The van der Waals surface area contributed by atoms with Crippen LogP contribution >= 0.6 is 11.8 Å². The Kier molecular flexibility index (Phi) is 4.89. The van der Waals surface area contributed by atoms with Gasteiger partial charge in [-0.15, -0.1) is 5.10 Å². The SMILES string of the molecule is FC(F)F.FC1CC(c2ccccc2)n2nc(SC3CC3)nc21. The van der Waals surface area contributed by atoms with Gasteiger partial charge in [-0.3, -0.25) is 0 Å². The maximum atomic E-state index is 14.1. The van der Waals surface area contributed by atoms with Crippen LogP contribution in [0.3, 0.4) is 0 Å². The Morgan fingerprint density at radius 3 is 2.39 bits per heavy atom. The van der Waals surface area contributed by atoms with Crippen molar-refractivity contribution in [3.8, 4) is 0 Å². The number of aromatic nitrogens is 3. The minimum Gasteiger partial charge on any atom is -0.239 e. The molecule has 8 heteroatoms. The lowest BCUT2D eigenvalue weighted by Gasteiger charge is -2.11. The Morgan fingerprint density at radius 1 is 1.13 bits per heavy atom. The summed E-state index contributed by atoms with van der Waals surface area (Å²) < 4.78 is 44.9. The number of hydrogen-bond acceptors (Lipinski definition) is 3. The highest BCUT2D eigenvalue weighted by Crippen LogP contribution is 2.43. The quantitative estimate of drug-likeness (QED) is 0.755. The van der Waals surface area contributed by atoms with Crippen LogP contribution in [0.2, 0.25) is 0 Å². The standard InChI is InChI=1S/C14H14FN3S.CHF3/c15-11-8-12(9-4-2-1-3-5-9)18-13(11)16-14(17-18)19-10-6-7-10;2-1(3)4/h1-5,10-12H,6-8H2;1H. The van der Waals surface area contributed by atoms with Gasteiger partial charge >= 0.3 is 6.68 Å². The zero-order valence-electron chi connectivity index (χ0n) is 12.1. The lowest BCUT2D eigenvalue weighted by atomic mass is 10.0. The predicted octanol–water partition coefficient (Wildman–Crippen LogP) is 4.71. The summed E-state index contributed by atoms with van der Waals surface area (Å²) in [4.78, 5) is 4.37. The van der Waals surface area contributed by atoms with Crippen LogP contribution in [0.15, 0.2) is 35.5 Å². The third-order valence-electron chi connectivity index (χ3n) is 3.62. The fourth-order valence-electron chi connectivity index (χ4n) is 2.50. The van der Waals surface area contributed by atoms with Crippen molar-refractivity contribution in [2.24, 2.45) is 0 Å². The average Bonchev–Trinajstić information content (AvgIpc) is 3.13. The predicted molar refractivity (Wildman–Crippen MR) is 79.1 cm³/mol. The van der Waals surface area contributed by atoms with Gasteiger partial charge in [-0.1, -0.05) is 42.1 Å². The number of benzene rings is 1. The highest BCUT2D eigenvalue weighted by Gasteiger charge is 2.36. The van der Waals surface area contributed by atoms with E-state index >= 15 is 0 Å². The van der Waals surface area contributed by atoms with Crippen molar-refractivity contribution in [1.82, 2.24) is 14.8 Å². The summed E-state index contributed by atoms with van der Waals surface area (Å²) in [6, 6.07) is 9.99. The van der Waals surface area contributed by atoms with Gasteiger partial charge in [0, 0.05) is 11.7 Å². The molecule has 0 radical (unpaired) electrons. The van der Waals surface area contributed by atoms with Crippen molar-refractivity contribution >= 4 is 11.8 Å². The molecule has 0 N–H and O–H groups in total. The van der Waals surface area contributed by atoms with Crippen molar-refractivity contribution < 1.29 is 17.6 Å². The molecule has 2 unspecified atom stereocenters. The molecule has 4 rings (SSSR count). The van der Waals surface area contributed by atoms with E-state index in [0.29, 0.717) is 17.5 Å². The molecule has 23 heavy (non-hydrogen) atoms. The van der Waals surface area contributed by atoms with Crippen LogP contribution in [-0.4, -0.2) is 26.7 Å². The number of fused-ring (bicyclic) bond motifs is 1. The molecule has 0 spiro atoms. The third-order valence-corrected chi connectivity index (χ3v) is 4.81. The van der Waals surface area contributed by atoms with Crippen LogP contribution in [0.5, 0.6) is 0 Å². The first-order valence-electron chi connectivity index (χ1n) is 7.29. The summed E-state index contributed by atoms with van der Waals surface area (Å²) in [5.74, 6) is 0.497. The van der Waals surface area contributed by atoms with Crippen molar-refractivity contribution in [2.45, 2.75) is 48.6 Å². The van der Waals surface area contributed by atoms with Gasteiger partial charge in [-0.2, -0.15) is 13.2 Å². The van der Waals surface area contributed by atoms with E-state index in [1.807, 2.05) is 30.3 Å². The van der Waals surface area contributed by atoms with Crippen LogP contribution in [0.1, 0.15) is 42.9 Å². The highest BCUT2D eigenvalue weighted by molar-refractivity contribution is 8.00. The minimum atomic E-state index is -3.67. The van der Waals surface area contributed by atoms with Gasteiger partial charge < -0.3 is 0 Å². The summed E-state index contributed by atoms with van der Waals surface area (Å²) >= 11 is 1.68. The van der Waals surface area contributed by atoms with Gasteiger partial charge in [0.05, 0.1) is 6.04 Å². The second-order valence-electron chi connectivity index (χ2n) is 5.39. The Balaban J connectivity index is 0.000000354. The normalized spacial score (nSPS) is 22.7. The average molecular weight is 345 g/mol. The van der Waals surface area contributed by atoms with E-state index in [1.165, 1.54) is 12.8 Å². The minimum absolute atomic E-state index is 0.00717. The molecule has 0 saturated heterocycles. The molecule has 1 aromatic heterocycles. The molecule has 3 nitrogen and oxygen atoms in total. The molecule has 1 aliphatic heterocycles. The van der Waals surface area contributed by atoms with Crippen LogP contribution in [0.25, 0.3) is 0 Å². The first-order chi connectivity index (χ1) is 11.0. The first kappa shape index (κ1) is 16.3. The fraction of sp³-hybridized carbons (Fsp3) is 0.467. The lowest BCUT2D eigenvalue weighted by Crippen LogP contribution is -2.07. The van der Waals surface area contributed by atoms with E-state index in [-0.39, 0.29) is 6.04 Å². The Labute approximate surface area is 135 Å². The number of nitrogens with zero attached hydrogens (tertiary/aromatic N) is 3. The molecular weight excluding hydrogens is 330 g/mol. The summed E-state index contributed by atoms with van der Waals surface area (Å²) in [6.07, 6.45) is 1.92. The van der Waals surface area contributed by atoms with E-state index in [2.05, 4.69) is 10.1 Å². The Bertz CT molecular complexity index is 643. The van der Waals surface area contributed by atoms with E-state index in [9.17, 15) is 17.6 Å². The monoisotopic (exact) mass is 345 g/mol. The maximum Gasteiger partial charge on any atom is 0.379 e. The molecule has 2 aliphatic rings. The van der Waals surface area contributed by atoms with Gasteiger partial charge in [0.25, 0.3) is 0 Å². The van der Waals surface area contributed by atoms with Crippen LogP contribution < -0.4 is 0 Å². The van der Waals surface area contributed by atoms with Gasteiger partial charge in [0.1, 0.15) is 0 Å². The number of alkyl halides is 4. The first-order valence-corrected chi connectivity index (χ1v) is 8.17. The molecule has 2 aromatic rings. The molecule has 0 bridgehead atoms. The number of thioether (sulfide) groups is 1. The molecule has 1 aliphatic carbocycles. The molecule has 2 heterocycles. The van der Waals surface area contributed by atoms with Gasteiger partial charge in [0.15, 0.2) is 12.0 Å². The maximum absolute atomic E-state index is 14.1. The van der Waals surface area contributed by atoms with Gasteiger partial charge in [-0.25, -0.2) is 14.1 Å². The number of hydrogen-bond donors (Lipinski definition) is 0. The molecule has 124 valence electrons. The van der Waals surface area contributed by atoms with Crippen LogP contribution in [0.4, 0.5) is 17.6 Å². The summed E-state index contributed by atoms with van der Waals surface area (Å²) in [6.45, 7) is -3.67. The second kappa shape index (κ2) is 6.90. The highest BCUT2D eigenvalue weighted by atomic mass is 32.2. The van der Waals surface area contributed by atoms with E-state index in [4.69, 9.17) is 0 Å². The van der Waals surface area contributed by atoms with E-state index in [1.54, 1.807) is 16.4 Å². The zero-order valence-corrected chi connectivity index (χ0v) is 12.9. The summed E-state index contributed by atoms with van der Waals surface area (Å²) in [5, 5.41) is 5.89. The fourth-order valence-corrected chi connectivity index (χ4v) is 3.45. The second-order valence-corrected chi connectivity index (χ2v) is 6.66. The molecule has 0 amide bonds. The van der Waals surface area contributed by atoms with E-state index in [0.717, 1.165) is 10.7 Å². The third kappa shape index (κ3) is 4.04. The topological polar surface area (TPSA) is 30.7 Å². The van der Waals surface area contributed by atoms with Crippen LogP contribution in [0, 0.1) is 0 Å².